The van der Waals surface area contributed by atoms with E-state index in [0.29, 0.717) is 47.7 Å². The topological polar surface area (TPSA) is 99.3 Å². The average Bonchev–Trinajstić information content (AvgIpc) is 2.88. The van der Waals surface area contributed by atoms with Crippen LogP contribution in [0.2, 0.25) is 0 Å². The van der Waals surface area contributed by atoms with Crippen molar-refractivity contribution >= 4 is 11.8 Å². The fourth-order valence-corrected chi connectivity index (χ4v) is 4.65. The minimum Gasteiger partial charge on any atom is -0.334 e. The van der Waals surface area contributed by atoms with Gasteiger partial charge in [-0.25, -0.2) is 4.98 Å². The minimum absolute atomic E-state index is 0.0473. The van der Waals surface area contributed by atoms with Gasteiger partial charge in [-0.05, 0) is 43.5 Å². The molecule has 0 aliphatic carbocycles. The molecule has 3 aromatic rings. The predicted molar refractivity (Wildman–Crippen MR) is 122 cm³/mol. The molecule has 0 saturated carbocycles. The van der Waals surface area contributed by atoms with Gasteiger partial charge in [0, 0.05) is 37.5 Å². The van der Waals surface area contributed by atoms with Crippen molar-refractivity contribution in [2.75, 3.05) is 13.1 Å². The first-order valence-electron chi connectivity index (χ1n) is 11.3. The summed E-state index contributed by atoms with van der Waals surface area (Å²) >= 11 is 0. The van der Waals surface area contributed by atoms with E-state index < -0.39 is 0 Å². The van der Waals surface area contributed by atoms with Crippen LogP contribution in [0.25, 0.3) is 0 Å². The second kappa shape index (κ2) is 8.97. The van der Waals surface area contributed by atoms with Gasteiger partial charge in [0.15, 0.2) is 0 Å². The molecule has 168 valence electrons. The number of piperidine rings is 1. The highest BCUT2D eigenvalue weighted by molar-refractivity contribution is 5.94. The van der Waals surface area contributed by atoms with Crippen molar-refractivity contribution < 1.29 is 9.59 Å². The van der Waals surface area contributed by atoms with Crippen LogP contribution < -0.4 is 5.56 Å². The molecular weight excluding hydrogens is 418 g/mol. The Morgan fingerprint density at radius 3 is 2.58 bits per heavy atom. The summed E-state index contributed by atoms with van der Waals surface area (Å²) in [7, 11) is 0. The Bertz CT molecular complexity index is 1230. The number of likely N-dealkylation sites (tertiary alicyclic amines) is 1. The molecule has 2 amide bonds. The number of hydrogen-bond acceptors (Lipinski definition) is 5. The van der Waals surface area contributed by atoms with E-state index in [1.807, 2.05) is 35.2 Å². The van der Waals surface area contributed by atoms with Crippen molar-refractivity contribution in [1.82, 2.24) is 24.8 Å². The number of nitrogens with zero attached hydrogens (tertiary/aromatic N) is 4. The molecule has 0 bridgehead atoms. The highest BCUT2D eigenvalue weighted by Gasteiger charge is 2.32. The molecule has 1 atom stereocenters. The third kappa shape index (κ3) is 4.16. The fraction of sp³-hybridized carbons (Fsp3) is 0.320. The number of amides is 2. The summed E-state index contributed by atoms with van der Waals surface area (Å²) in [6.07, 6.45) is 6.30. The Labute approximate surface area is 191 Å². The molecule has 8 heteroatoms. The first-order chi connectivity index (χ1) is 16.1. The lowest BCUT2D eigenvalue weighted by Gasteiger charge is -2.36. The van der Waals surface area contributed by atoms with Gasteiger partial charge in [0.2, 0.25) is 0 Å². The summed E-state index contributed by atoms with van der Waals surface area (Å²) in [6, 6.07) is 12.4. The summed E-state index contributed by atoms with van der Waals surface area (Å²) in [6.45, 7) is 1.32. The van der Waals surface area contributed by atoms with Crippen molar-refractivity contribution in [3.63, 3.8) is 0 Å². The van der Waals surface area contributed by atoms with Crippen LogP contribution in [0.5, 0.6) is 0 Å². The molecule has 1 fully saturated rings. The van der Waals surface area contributed by atoms with Gasteiger partial charge in [0.05, 0.1) is 29.4 Å². The number of carbonyl (C=O) groups is 2. The highest BCUT2D eigenvalue weighted by atomic mass is 16.2. The summed E-state index contributed by atoms with van der Waals surface area (Å²) in [5.74, 6) is 0.341. The van der Waals surface area contributed by atoms with Gasteiger partial charge in [-0.1, -0.05) is 18.2 Å². The number of aromatic nitrogens is 3. The van der Waals surface area contributed by atoms with Crippen LogP contribution in [-0.4, -0.2) is 49.7 Å². The van der Waals surface area contributed by atoms with Gasteiger partial charge in [-0.3, -0.25) is 19.4 Å². The average molecular weight is 444 g/mol. The SMILES string of the molecule is O=C(c1cccnc1)N1CCc2nc(C3CCCCN3C(=O)c3ccccc3)[nH]c(=O)c2C1. The molecule has 2 aliphatic rings. The van der Waals surface area contributed by atoms with Crippen molar-refractivity contribution in [2.45, 2.75) is 38.3 Å². The Morgan fingerprint density at radius 2 is 1.79 bits per heavy atom. The third-order valence-electron chi connectivity index (χ3n) is 6.38. The Kier molecular flexibility index (Phi) is 5.73. The van der Waals surface area contributed by atoms with Crippen LogP contribution in [0.15, 0.2) is 59.7 Å². The first kappa shape index (κ1) is 21.1. The quantitative estimate of drug-likeness (QED) is 0.671. The molecular formula is C25H25N5O3. The fourth-order valence-electron chi connectivity index (χ4n) is 4.65. The van der Waals surface area contributed by atoms with E-state index in [2.05, 4.69) is 9.97 Å². The standard InChI is InChI=1S/C25H25N5O3/c31-23-19-16-29(24(32)18-9-6-12-26-15-18)14-11-20(19)27-22(28-23)21-10-4-5-13-30(21)25(33)17-7-2-1-3-8-17/h1-3,6-9,12,15,21H,4-5,10-11,13-14,16H2,(H,27,28,31). The lowest BCUT2D eigenvalue weighted by Crippen LogP contribution is -2.42. The molecule has 2 aliphatic heterocycles. The third-order valence-corrected chi connectivity index (χ3v) is 6.38. The van der Waals surface area contributed by atoms with E-state index >= 15 is 0 Å². The molecule has 5 rings (SSSR count). The molecule has 1 aromatic carbocycles. The molecule has 0 radical (unpaired) electrons. The molecule has 4 heterocycles. The van der Waals surface area contributed by atoms with Crippen LogP contribution >= 0.6 is 0 Å². The number of H-pyrrole nitrogens is 1. The number of hydrogen-bond donors (Lipinski definition) is 1. The Morgan fingerprint density at radius 1 is 0.970 bits per heavy atom. The van der Waals surface area contributed by atoms with Crippen LogP contribution in [0, 0.1) is 0 Å². The molecule has 8 nitrogen and oxygen atoms in total. The molecule has 1 saturated heterocycles. The lowest BCUT2D eigenvalue weighted by atomic mass is 9.99. The second-order valence-electron chi connectivity index (χ2n) is 8.47. The summed E-state index contributed by atoms with van der Waals surface area (Å²) in [5, 5.41) is 0. The maximum absolute atomic E-state index is 13.2. The van der Waals surface area contributed by atoms with E-state index in [9.17, 15) is 14.4 Å². The summed E-state index contributed by atoms with van der Waals surface area (Å²) in [4.78, 5) is 54.2. The van der Waals surface area contributed by atoms with Crippen LogP contribution in [0.4, 0.5) is 0 Å². The largest absolute Gasteiger partial charge is 0.334 e. The molecule has 2 aromatic heterocycles. The van der Waals surface area contributed by atoms with E-state index in [1.165, 1.54) is 6.20 Å². The number of rotatable bonds is 3. The zero-order valence-electron chi connectivity index (χ0n) is 18.2. The summed E-state index contributed by atoms with van der Waals surface area (Å²) < 4.78 is 0. The molecule has 0 spiro atoms. The van der Waals surface area contributed by atoms with Gasteiger partial charge in [-0.2, -0.15) is 0 Å². The molecule has 1 unspecified atom stereocenters. The monoisotopic (exact) mass is 443 g/mol. The van der Waals surface area contributed by atoms with Gasteiger partial charge < -0.3 is 14.8 Å². The van der Waals surface area contributed by atoms with Gasteiger partial charge in [0.1, 0.15) is 5.82 Å². The minimum atomic E-state index is -0.264. The van der Waals surface area contributed by atoms with Crippen molar-refractivity contribution in [2.24, 2.45) is 0 Å². The van der Waals surface area contributed by atoms with E-state index in [4.69, 9.17) is 4.98 Å². The number of benzene rings is 1. The number of fused-ring (bicyclic) bond motifs is 1. The lowest BCUT2D eigenvalue weighted by molar-refractivity contribution is 0.0597. The zero-order chi connectivity index (χ0) is 22.8. The first-order valence-corrected chi connectivity index (χ1v) is 11.3. The van der Waals surface area contributed by atoms with Gasteiger partial charge in [0.25, 0.3) is 17.4 Å². The van der Waals surface area contributed by atoms with Gasteiger partial charge >= 0.3 is 0 Å². The molecule has 33 heavy (non-hydrogen) atoms. The van der Waals surface area contributed by atoms with Crippen LogP contribution in [0.3, 0.4) is 0 Å². The zero-order valence-corrected chi connectivity index (χ0v) is 18.2. The Hall–Kier alpha value is -3.81. The maximum Gasteiger partial charge on any atom is 0.256 e. The normalized spacial score (nSPS) is 18.0. The number of nitrogens with one attached hydrogen (secondary N) is 1. The second-order valence-corrected chi connectivity index (χ2v) is 8.47. The van der Waals surface area contributed by atoms with Crippen molar-refractivity contribution in [1.29, 1.82) is 0 Å². The maximum atomic E-state index is 13.2. The highest BCUT2D eigenvalue weighted by Crippen LogP contribution is 2.30. The van der Waals surface area contributed by atoms with E-state index in [-0.39, 0.29) is 30.0 Å². The Balaban J connectivity index is 1.41. The van der Waals surface area contributed by atoms with Crippen LogP contribution in [-0.2, 0) is 13.0 Å². The van der Waals surface area contributed by atoms with E-state index in [0.717, 1.165) is 19.3 Å². The van der Waals surface area contributed by atoms with Crippen molar-refractivity contribution in [3.05, 3.63) is 93.4 Å². The summed E-state index contributed by atoms with van der Waals surface area (Å²) in [5.41, 5.74) is 2.12. The molecule has 1 N–H and O–H groups in total. The number of pyridine rings is 1. The van der Waals surface area contributed by atoms with Gasteiger partial charge in [-0.15, -0.1) is 0 Å². The number of carbonyl (C=O) groups excluding carboxylic acids is 2. The van der Waals surface area contributed by atoms with E-state index in [1.54, 1.807) is 23.2 Å². The predicted octanol–water partition coefficient (Wildman–Crippen LogP) is 2.73. The number of aromatic amines is 1. The van der Waals surface area contributed by atoms with Crippen LogP contribution in [0.1, 0.15) is 63.1 Å². The van der Waals surface area contributed by atoms with Crippen molar-refractivity contribution in [3.8, 4) is 0 Å². The smallest absolute Gasteiger partial charge is 0.256 e.